The maximum atomic E-state index is 6.02. The highest BCUT2D eigenvalue weighted by molar-refractivity contribution is 5.82. The molecule has 0 atom stereocenters. The molecule has 1 aliphatic carbocycles. The average molecular weight is 196 g/mol. The summed E-state index contributed by atoms with van der Waals surface area (Å²) >= 11 is 0. The second kappa shape index (κ2) is 6.05. The van der Waals surface area contributed by atoms with Gasteiger partial charge in [0.1, 0.15) is 0 Å². The summed E-state index contributed by atoms with van der Waals surface area (Å²) in [5.74, 6) is 2.12. The Hall–Kier alpha value is -0.530. The van der Waals surface area contributed by atoms with Crippen molar-refractivity contribution in [2.45, 2.75) is 52.4 Å². The Bertz CT molecular complexity index is 177. The molecule has 1 aliphatic rings. The maximum Gasteiger partial charge on any atom is 0.0968 e. The van der Waals surface area contributed by atoms with Crippen molar-refractivity contribution in [2.75, 3.05) is 6.54 Å². The molecule has 0 bridgehead atoms. The highest BCUT2D eigenvalue weighted by atomic mass is 14.9. The van der Waals surface area contributed by atoms with E-state index in [0.29, 0.717) is 11.8 Å². The van der Waals surface area contributed by atoms with E-state index in [9.17, 15) is 0 Å². The number of hydrogen-bond acceptors (Lipinski definition) is 1. The van der Waals surface area contributed by atoms with E-state index in [1.807, 2.05) is 0 Å². The highest BCUT2D eigenvalue weighted by Crippen LogP contribution is 2.22. The molecular formula is C12H24N2. The van der Waals surface area contributed by atoms with E-state index in [4.69, 9.17) is 5.73 Å². The third-order valence-electron chi connectivity index (χ3n) is 2.91. The Labute approximate surface area is 88.0 Å². The predicted octanol–water partition coefficient (Wildman–Crippen LogP) is 2.97. The molecule has 2 nitrogen and oxygen atoms in total. The van der Waals surface area contributed by atoms with Gasteiger partial charge in [0.2, 0.25) is 0 Å². The highest BCUT2D eigenvalue weighted by Gasteiger charge is 2.15. The van der Waals surface area contributed by atoms with Crippen molar-refractivity contribution in [3.63, 3.8) is 0 Å². The van der Waals surface area contributed by atoms with Crippen LogP contribution in [0, 0.1) is 11.8 Å². The van der Waals surface area contributed by atoms with Gasteiger partial charge >= 0.3 is 0 Å². The maximum absolute atomic E-state index is 6.02. The van der Waals surface area contributed by atoms with Gasteiger partial charge in [0, 0.05) is 12.5 Å². The summed E-state index contributed by atoms with van der Waals surface area (Å²) in [5, 5.41) is 0. The molecule has 0 aromatic rings. The standard InChI is InChI=1S/C12H24N2/c1-10(2)9-14-12(13)11-7-5-3-4-6-8-11/h10-11H,3-9H2,1-2H3,(H2,13,14). The lowest BCUT2D eigenvalue weighted by Gasteiger charge is -2.13. The van der Waals surface area contributed by atoms with E-state index in [1.165, 1.54) is 38.5 Å². The lowest BCUT2D eigenvalue weighted by atomic mass is 9.99. The SMILES string of the molecule is CC(C)CN=C(N)C1CCCCCC1. The Kier molecular flexibility index (Phi) is 4.99. The van der Waals surface area contributed by atoms with Crippen molar-refractivity contribution in [2.24, 2.45) is 22.6 Å². The molecule has 1 rings (SSSR count). The van der Waals surface area contributed by atoms with Crippen LogP contribution < -0.4 is 5.73 Å². The van der Waals surface area contributed by atoms with Crippen molar-refractivity contribution in [3.05, 3.63) is 0 Å². The predicted molar refractivity (Wildman–Crippen MR) is 62.5 cm³/mol. The Morgan fingerprint density at radius 1 is 1.21 bits per heavy atom. The zero-order valence-electron chi connectivity index (χ0n) is 9.63. The van der Waals surface area contributed by atoms with E-state index < -0.39 is 0 Å². The van der Waals surface area contributed by atoms with Crippen LogP contribution in [0.5, 0.6) is 0 Å². The summed E-state index contributed by atoms with van der Waals surface area (Å²) < 4.78 is 0. The van der Waals surface area contributed by atoms with Crippen LogP contribution in [0.2, 0.25) is 0 Å². The van der Waals surface area contributed by atoms with Gasteiger partial charge in [-0.2, -0.15) is 0 Å². The van der Waals surface area contributed by atoms with Crippen molar-refractivity contribution < 1.29 is 0 Å². The van der Waals surface area contributed by atoms with Crippen LogP contribution in [0.1, 0.15) is 52.4 Å². The van der Waals surface area contributed by atoms with Crippen LogP contribution in [0.3, 0.4) is 0 Å². The summed E-state index contributed by atoms with van der Waals surface area (Å²) in [6, 6.07) is 0. The summed E-state index contributed by atoms with van der Waals surface area (Å²) in [6.45, 7) is 5.26. The van der Waals surface area contributed by atoms with E-state index >= 15 is 0 Å². The van der Waals surface area contributed by atoms with Crippen LogP contribution in [0.25, 0.3) is 0 Å². The molecule has 0 saturated heterocycles. The number of nitrogens with zero attached hydrogens (tertiary/aromatic N) is 1. The molecular weight excluding hydrogens is 172 g/mol. The van der Waals surface area contributed by atoms with E-state index in [-0.39, 0.29) is 0 Å². The van der Waals surface area contributed by atoms with Gasteiger partial charge in [-0.15, -0.1) is 0 Å². The summed E-state index contributed by atoms with van der Waals surface area (Å²) in [5.41, 5.74) is 6.02. The number of hydrogen-bond donors (Lipinski definition) is 1. The van der Waals surface area contributed by atoms with Gasteiger partial charge in [-0.05, 0) is 18.8 Å². The van der Waals surface area contributed by atoms with Crippen molar-refractivity contribution in [1.82, 2.24) is 0 Å². The molecule has 0 amide bonds. The lowest BCUT2D eigenvalue weighted by Crippen LogP contribution is -2.24. The Balaban J connectivity index is 2.40. The van der Waals surface area contributed by atoms with Gasteiger partial charge in [0.05, 0.1) is 5.84 Å². The Morgan fingerprint density at radius 3 is 2.29 bits per heavy atom. The molecule has 1 fully saturated rings. The minimum absolute atomic E-state index is 0.580. The molecule has 0 aromatic carbocycles. The number of nitrogens with two attached hydrogens (primary N) is 1. The van der Waals surface area contributed by atoms with Crippen molar-refractivity contribution in [3.8, 4) is 0 Å². The van der Waals surface area contributed by atoms with Gasteiger partial charge in [-0.1, -0.05) is 39.5 Å². The first-order valence-electron chi connectivity index (χ1n) is 6.00. The van der Waals surface area contributed by atoms with Crippen LogP contribution in [-0.4, -0.2) is 12.4 Å². The molecule has 82 valence electrons. The zero-order valence-corrected chi connectivity index (χ0v) is 9.63. The summed E-state index contributed by atoms with van der Waals surface area (Å²) in [4.78, 5) is 4.48. The smallest absolute Gasteiger partial charge is 0.0968 e. The second-order valence-corrected chi connectivity index (χ2v) is 4.85. The van der Waals surface area contributed by atoms with Gasteiger partial charge in [0.15, 0.2) is 0 Å². The molecule has 0 aromatic heterocycles. The zero-order chi connectivity index (χ0) is 10.4. The van der Waals surface area contributed by atoms with Crippen LogP contribution >= 0.6 is 0 Å². The van der Waals surface area contributed by atoms with Crippen LogP contribution in [-0.2, 0) is 0 Å². The fraction of sp³-hybridized carbons (Fsp3) is 0.917. The third kappa shape index (κ3) is 4.12. The van der Waals surface area contributed by atoms with Crippen molar-refractivity contribution >= 4 is 5.84 Å². The molecule has 0 unspecified atom stereocenters. The fourth-order valence-corrected chi connectivity index (χ4v) is 1.99. The molecule has 0 spiro atoms. The molecule has 14 heavy (non-hydrogen) atoms. The monoisotopic (exact) mass is 196 g/mol. The topological polar surface area (TPSA) is 38.4 Å². The summed E-state index contributed by atoms with van der Waals surface area (Å²) in [6.07, 6.45) is 7.95. The van der Waals surface area contributed by atoms with Gasteiger partial charge < -0.3 is 5.73 Å². The van der Waals surface area contributed by atoms with Crippen LogP contribution in [0.4, 0.5) is 0 Å². The normalized spacial score (nSPS) is 21.2. The summed E-state index contributed by atoms with van der Waals surface area (Å²) in [7, 11) is 0. The molecule has 2 N–H and O–H groups in total. The molecule has 0 aliphatic heterocycles. The minimum atomic E-state index is 0.580. The molecule has 0 heterocycles. The molecule has 2 heteroatoms. The first-order valence-corrected chi connectivity index (χ1v) is 6.00. The van der Waals surface area contributed by atoms with E-state index in [2.05, 4.69) is 18.8 Å². The number of aliphatic imine (C=N–C) groups is 1. The minimum Gasteiger partial charge on any atom is -0.387 e. The van der Waals surface area contributed by atoms with E-state index in [1.54, 1.807) is 0 Å². The van der Waals surface area contributed by atoms with Gasteiger partial charge in [-0.25, -0.2) is 0 Å². The third-order valence-corrected chi connectivity index (χ3v) is 2.91. The largest absolute Gasteiger partial charge is 0.387 e. The van der Waals surface area contributed by atoms with Crippen molar-refractivity contribution in [1.29, 1.82) is 0 Å². The fourth-order valence-electron chi connectivity index (χ4n) is 1.99. The average Bonchev–Trinajstić information content (AvgIpc) is 2.42. The number of amidine groups is 1. The quantitative estimate of drug-likeness (QED) is 0.420. The molecule has 0 radical (unpaired) electrons. The van der Waals surface area contributed by atoms with Gasteiger partial charge in [0.25, 0.3) is 0 Å². The van der Waals surface area contributed by atoms with Gasteiger partial charge in [-0.3, -0.25) is 4.99 Å². The molecule has 1 saturated carbocycles. The Morgan fingerprint density at radius 2 is 1.79 bits per heavy atom. The number of rotatable bonds is 3. The lowest BCUT2D eigenvalue weighted by molar-refractivity contribution is 0.578. The van der Waals surface area contributed by atoms with Crippen LogP contribution in [0.15, 0.2) is 4.99 Å². The first kappa shape index (κ1) is 11.5. The second-order valence-electron chi connectivity index (χ2n) is 4.85. The first-order chi connectivity index (χ1) is 6.70. The van der Waals surface area contributed by atoms with E-state index in [0.717, 1.165) is 12.4 Å².